The number of alkyl halides is 3. The molecule has 1 fully saturated rings. The quantitative estimate of drug-likeness (QED) is 0.666. The van der Waals surface area contributed by atoms with Crippen LogP contribution in [0, 0.1) is 0 Å². The zero-order chi connectivity index (χ0) is 21.9. The lowest BCUT2D eigenvalue weighted by Gasteiger charge is -2.29. The van der Waals surface area contributed by atoms with Crippen molar-refractivity contribution in [2.24, 2.45) is 5.73 Å². The van der Waals surface area contributed by atoms with Gasteiger partial charge in [-0.1, -0.05) is 15.9 Å². The zero-order valence-corrected chi connectivity index (χ0v) is 17.3. The van der Waals surface area contributed by atoms with E-state index in [0.717, 1.165) is 12.1 Å². The third-order valence-corrected chi connectivity index (χ3v) is 5.27. The molecule has 1 aliphatic carbocycles. The van der Waals surface area contributed by atoms with Crippen LogP contribution in [0.5, 0.6) is 5.88 Å². The first kappa shape index (κ1) is 22.1. The summed E-state index contributed by atoms with van der Waals surface area (Å²) in [6.07, 6.45) is -0.902. The van der Waals surface area contributed by atoms with Gasteiger partial charge in [-0.15, -0.1) is 0 Å². The monoisotopic (exact) mass is 485 g/mol. The number of ether oxygens (including phenoxy) is 1. The fourth-order valence-corrected chi connectivity index (χ4v) is 3.80. The third-order valence-electron chi connectivity index (χ3n) is 4.81. The molecule has 0 unspecified atom stereocenters. The molecule has 2 aromatic rings. The molecule has 0 aliphatic heterocycles. The van der Waals surface area contributed by atoms with E-state index in [4.69, 9.17) is 10.5 Å². The van der Waals surface area contributed by atoms with Gasteiger partial charge in [0.15, 0.2) is 0 Å². The van der Waals surface area contributed by atoms with Crippen LogP contribution in [0.4, 0.5) is 13.2 Å². The number of pyridine rings is 1. The van der Waals surface area contributed by atoms with E-state index in [9.17, 15) is 22.8 Å². The predicted molar refractivity (Wildman–Crippen MR) is 106 cm³/mol. The fourth-order valence-electron chi connectivity index (χ4n) is 3.31. The van der Waals surface area contributed by atoms with E-state index in [-0.39, 0.29) is 33.6 Å². The zero-order valence-electron chi connectivity index (χ0n) is 15.7. The Balaban J connectivity index is 1.58. The van der Waals surface area contributed by atoms with Gasteiger partial charge in [0.2, 0.25) is 5.88 Å². The highest BCUT2D eigenvalue weighted by Gasteiger charge is 2.32. The van der Waals surface area contributed by atoms with Crippen LogP contribution in [0.2, 0.25) is 0 Å². The molecule has 30 heavy (non-hydrogen) atoms. The van der Waals surface area contributed by atoms with Crippen molar-refractivity contribution in [3.05, 3.63) is 57.7 Å². The van der Waals surface area contributed by atoms with Crippen molar-refractivity contribution in [2.45, 2.75) is 44.0 Å². The van der Waals surface area contributed by atoms with E-state index in [1.165, 1.54) is 18.3 Å². The van der Waals surface area contributed by atoms with Gasteiger partial charge in [0.1, 0.15) is 11.7 Å². The van der Waals surface area contributed by atoms with Crippen molar-refractivity contribution in [3.63, 3.8) is 0 Å². The number of nitrogens with zero attached hydrogens (tertiary/aromatic N) is 1. The SMILES string of the molecule is NC(=O)c1cccnc1OC1CCC(NC(=O)c2cc(Br)cc(C(F)(F)F)c2)CC1. The van der Waals surface area contributed by atoms with Crippen molar-refractivity contribution in [2.75, 3.05) is 0 Å². The summed E-state index contributed by atoms with van der Waals surface area (Å²) in [6, 6.07) is 6.05. The highest BCUT2D eigenvalue weighted by molar-refractivity contribution is 9.10. The van der Waals surface area contributed by atoms with Crippen molar-refractivity contribution in [1.82, 2.24) is 10.3 Å². The summed E-state index contributed by atoms with van der Waals surface area (Å²) >= 11 is 3.02. The standard InChI is InChI=1S/C20H19BrF3N3O3/c21-13-9-11(8-12(10-13)20(22,23)24)18(29)27-14-3-5-15(6-4-14)30-19-16(17(25)28)2-1-7-26-19/h1-2,7-10,14-15H,3-6H2,(H2,25,28)(H,27,29). The topological polar surface area (TPSA) is 94.3 Å². The summed E-state index contributed by atoms with van der Waals surface area (Å²) < 4.78 is 44.9. The first-order valence-electron chi connectivity index (χ1n) is 9.23. The molecule has 1 heterocycles. The molecule has 6 nitrogen and oxygen atoms in total. The van der Waals surface area contributed by atoms with Gasteiger partial charge in [-0.05, 0) is 56.0 Å². The van der Waals surface area contributed by atoms with Crippen LogP contribution in [0.25, 0.3) is 0 Å². The van der Waals surface area contributed by atoms with Crippen LogP contribution >= 0.6 is 15.9 Å². The number of carbonyl (C=O) groups excluding carboxylic acids is 2. The average molecular weight is 486 g/mol. The van der Waals surface area contributed by atoms with Gasteiger partial charge in [-0.2, -0.15) is 13.2 Å². The molecular formula is C20H19BrF3N3O3. The minimum atomic E-state index is -4.54. The molecule has 3 rings (SSSR count). The summed E-state index contributed by atoms with van der Waals surface area (Å²) in [7, 11) is 0. The second kappa shape index (κ2) is 9.03. The van der Waals surface area contributed by atoms with Gasteiger partial charge in [0, 0.05) is 22.3 Å². The van der Waals surface area contributed by atoms with Crippen LogP contribution in [0.15, 0.2) is 41.0 Å². The Kier molecular flexibility index (Phi) is 6.64. The Bertz CT molecular complexity index is 944. The molecule has 0 spiro atoms. The van der Waals surface area contributed by atoms with Crippen molar-refractivity contribution in [1.29, 1.82) is 0 Å². The highest BCUT2D eigenvalue weighted by atomic mass is 79.9. The van der Waals surface area contributed by atoms with Crippen molar-refractivity contribution >= 4 is 27.7 Å². The van der Waals surface area contributed by atoms with E-state index >= 15 is 0 Å². The minimum absolute atomic E-state index is 0.0605. The molecule has 1 saturated carbocycles. The number of hydrogen-bond acceptors (Lipinski definition) is 4. The van der Waals surface area contributed by atoms with Gasteiger partial charge in [-0.3, -0.25) is 9.59 Å². The summed E-state index contributed by atoms with van der Waals surface area (Å²) in [5.74, 6) is -1.02. The molecule has 0 radical (unpaired) electrons. The summed E-state index contributed by atoms with van der Waals surface area (Å²) in [5.41, 5.74) is 4.57. The third kappa shape index (κ3) is 5.50. The number of nitrogens with one attached hydrogen (secondary N) is 1. The van der Waals surface area contributed by atoms with Gasteiger partial charge in [0.05, 0.1) is 5.56 Å². The summed E-state index contributed by atoms with van der Waals surface area (Å²) in [5, 5.41) is 2.78. The molecule has 2 amide bonds. The Morgan fingerprint density at radius 1 is 1.17 bits per heavy atom. The van der Waals surface area contributed by atoms with Crippen LogP contribution in [-0.4, -0.2) is 28.9 Å². The maximum atomic E-state index is 13.0. The second-order valence-electron chi connectivity index (χ2n) is 7.01. The molecule has 1 aromatic carbocycles. The second-order valence-corrected chi connectivity index (χ2v) is 7.93. The number of hydrogen-bond donors (Lipinski definition) is 2. The number of amides is 2. The maximum absolute atomic E-state index is 13.0. The Morgan fingerprint density at radius 2 is 1.87 bits per heavy atom. The van der Waals surface area contributed by atoms with E-state index in [0.29, 0.717) is 25.7 Å². The largest absolute Gasteiger partial charge is 0.474 e. The van der Waals surface area contributed by atoms with Crippen molar-refractivity contribution < 1.29 is 27.5 Å². The normalized spacial score (nSPS) is 19.2. The first-order chi connectivity index (χ1) is 14.1. The molecule has 3 N–H and O–H groups in total. The molecule has 160 valence electrons. The summed E-state index contributed by atoms with van der Waals surface area (Å²) in [6.45, 7) is 0. The number of aromatic nitrogens is 1. The van der Waals surface area contributed by atoms with Crippen molar-refractivity contribution in [3.8, 4) is 5.88 Å². The number of carbonyl (C=O) groups is 2. The smallest absolute Gasteiger partial charge is 0.416 e. The lowest BCUT2D eigenvalue weighted by atomic mass is 9.92. The van der Waals surface area contributed by atoms with Gasteiger partial charge >= 0.3 is 6.18 Å². The number of rotatable bonds is 5. The molecule has 1 aromatic heterocycles. The van der Waals surface area contributed by atoms with Gasteiger partial charge in [0.25, 0.3) is 11.8 Å². The molecule has 0 atom stereocenters. The number of benzene rings is 1. The number of nitrogens with two attached hydrogens (primary N) is 1. The van der Waals surface area contributed by atoms with E-state index in [1.54, 1.807) is 6.07 Å². The molecule has 0 bridgehead atoms. The average Bonchev–Trinajstić information content (AvgIpc) is 2.68. The molecule has 1 aliphatic rings. The lowest BCUT2D eigenvalue weighted by Crippen LogP contribution is -2.40. The Morgan fingerprint density at radius 3 is 2.50 bits per heavy atom. The number of primary amides is 1. The molecular weight excluding hydrogens is 467 g/mol. The lowest BCUT2D eigenvalue weighted by molar-refractivity contribution is -0.137. The highest BCUT2D eigenvalue weighted by Crippen LogP contribution is 2.32. The van der Waals surface area contributed by atoms with Gasteiger partial charge in [-0.25, -0.2) is 4.98 Å². The van der Waals surface area contributed by atoms with E-state index in [2.05, 4.69) is 26.2 Å². The van der Waals surface area contributed by atoms with Crippen LogP contribution in [-0.2, 0) is 6.18 Å². The van der Waals surface area contributed by atoms with E-state index in [1.807, 2.05) is 0 Å². The van der Waals surface area contributed by atoms with Crippen LogP contribution in [0.3, 0.4) is 0 Å². The Labute approximate surface area is 179 Å². The predicted octanol–water partition coefficient (Wildman–Crippen LogP) is 4.08. The fraction of sp³-hybridized carbons (Fsp3) is 0.350. The molecule has 0 saturated heterocycles. The van der Waals surface area contributed by atoms with Crippen LogP contribution in [0.1, 0.15) is 52.0 Å². The van der Waals surface area contributed by atoms with Crippen LogP contribution < -0.4 is 15.8 Å². The maximum Gasteiger partial charge on any atom is 0.416 e. The molecule has 10 heteroatoms. The summed E-state index contributed by atoms with van der Waals surface area (Å²) in [4.78, 5) is 28.0. The van der Waals surface area contributed by atoms with Gasteiger partial charge < -0.3 is 15.8 Å². The number of halogens is 4. The minimum Gasteiger partial charge on any atom is -0.474 e. The first-order valence-corrected chi connectivity index (χ1v) is 10.0. The Hall–Kier alpha value is -2.62. The van der Waals surface area contributed by atoms with E-state index < -0.39 is 23.6 Å².